The van der Waals surface area contributed by atoms with Crippen LogP contribution >= 0.6 is 15.9 Å². The number of carbonyl (C=O) groups is 1. The van der Waals surface area contributed by atoms with Crippen molar-refractivity contribution in [3.63, 3.8) is 0 Å². The minimum Gasteiger partial charge on any atom is -0.336 e. The zero-order valence-electron chi connectivity index (χ0n) is 17.2. The molecule has 3 aromatic rings. The summed E-state index contributed by atoms with van der Waals surface area (Å²) in [5.41, 5.74) is 3.68. The highest BCUT2D eigenvalue weighted by atomic mass is 79.9. The number of rotatable bonds is 6. The highest BCUT2D eigenvalue weighted by Crippen LogP contribution is 2.25. The van der Waals surface area contributed by atoms with Crippen molar-refractivity contribution in [3.8, 4) is 0 Å². The number of benzene rings is 2. The van der Waals surface area contributed by atoms with E-state index in [2.05, 4.69) is 58.5 Å². The first-order valence-corrected chi connectivity index (χ1v) is 12.7. The molecular formula is C21H21BrN6O3S. The maximum Gasteiger partial charge on any atom is 0.239 e. The largest absolute Gasteiger partial charge is 0.336 e. The minimum absolute atomic E-state index is 0.371. The SMILES string of the molecule is CS(=O)(=O)CC(=O)Nc1cccc(Nc2ncnc(N3CCc4cc(Br)ccc4C3)n2)c1. The lowest BCUT2D eigenvalue weighted by Gasteiger charge is -2.29. The van der Waals surface area contributed by atoms with Crippen LogP contribution in [0.3, 0.4) is 0 Å². The van der Waals surface area contributed by atoms with E-state index >= 15 is 0 Å². The van der Waals surface area contributed by atoms with Gasteiger partial charge in [-0.25, -0.2) is 18.4 Å². The topological polar surface area (TPSA) is 117 Å². The average molecular weight is 517 g/mol. The predicted octanol–water partition coefficient (Wildman–Crippen LogP) is 2.92. The summed E-state index contributed by atoms with van der Waals surface area (Å²) in [6.45, 7) is 1.52. The predicted molar refractivity (Wildman–Crippen MR) is 127 cm³/mol. The van der Waals surface area contributed by atoms with Crippen LogP contribution in [0.2, 0.25) is 0 Å². The Morgan fingerprint density at radius 2 is 1.94 bits per heavy atom. The van der Waals surface area contributed by atoms with E-state index in [4.69, 9.17) is 0 Å². The first-order valence-electron chi connectivity index (χ1n) is 9.81. The second-order valence-electron chi connectivity index (χ2n) is 7.52. The van der Waals surface area contributed by atoms with E-state index in [0.29, 0.717) is 29.8 Å². The molecule has 2 heterocycles. The summed E-state index contributed by atoms with van der Waals surface area (Å²) in [7, 11) is -3.40. The van der Waals surface area contributed by atoms with Crippen LogP contribution in [-0.2, 0) is 27.6 Å². The summed E-state index contributed by atoms with van der Waals surface area (Å²) in [4.78, 5) is 27.0. The monoisotopic (exact) mass is 516 g/mol. The third-order valence-corrected chi connectivity index (χ3v) is 6.10. The molecule has 0 saturated carbocycles. The molecule has 1 amide bonds. The smallest absolute Gasteiger partial charge is 0.239 e. The van der Waals surface area contributed by atoms with Crippen molar-refractivity contribution in [3.05, 3.63) is 64.4 Å². The molecule has 0 fully saturated rings. The lowest BCUT2D eigenvalue weighted by atomic mass is 10.0. The maximum absolute atomic E-state index is 11.9. The van der Waals surface area contributed by atoms with Crippen LogP contribution in [0.4, 0.5) is 23.3 Å². The lowest BCUT2D eigenvalue weighted by molar-refractivity contribution is -0.113. The number of hydrogen-bond acceptors (Lipinski definition) is 8. The van der Waals surface area contributed by atoms with Crippen LogP contribution in [-0.4, -0.2) is 47.8 Å². The van der Waals surface area contributed by atoms with Gasteiger partial charge in [0.15, 0.2) is 9.84 Å². The Bertz CT molecular complexity index is 1270. The van der Waals surface area contributed by atoms with Gasteiger partial charge in [0.1, 0.15) is 12.1 Å². The molecule has 1 aliphatic rings. The van der Waals surface area contributed by atoms with Gasteiger partial charge in [-0.2, -0.15) is 4.98 Å². The van der Waals surface area contributed by atoms with Crippen molar-refractivity contribution in [2.24, 2.45) is 0 Å². The Kier molecular flexibility index (Phi) is 6.38. The van der Waals surface area contributed by atoms with Gasteiger partial charge in [0, 0.05) is 35.2 Å². The third kappa shape index (κ3) is 5.80. The number of carbonyl (C=O) groups excluding carboxylic acids is 1. The van der Waals surface area contributed by atoms with Crippen LogP contribution < -0.4 is 15.5 Å². The maximum atomic E-state index is 11.9. The number of sulfone groups is 1. The van der Waals surface area contributed by atoms with Gasteiger partial charge in [-0.05, 0) is 47.9 Å². The molecule has 0 aliphatic carbocycles. The van der Waals surface area contributed by atoms with Gasteiger partial charge in [0.2, 0.25) is 17.8 Å². The number of fused-ring (bicyclic) bond motifs is 1. The molecule has 0 radical (unpaired) electrons. The molecule has 4 rings (SSSR count). The van der Waals surface area contributed by atoms with E-state index in [0.717, 1.165) is 23.7 Å². The van der Waals surface area contributed by atoms with Crippen molar-refractivity contribution in [1.82, 2.24) is 15.0 Å². The Balaban J connectivity index is 1.45. The highest BCUT2D eigenvalue weighted by Gasteiger charge is 2.19. The molecule has 32 heavy (non-hydrogen) atoms. The standard InChI is InChI=1S/C21H21BrN6O3S/c1-32(30,31)12-19(29)25-17-3-2-4-18(10-17)26-20-23-13-24-21(27-20)28-8-7-14-9-16(22)6-5-15(14)11-28/h2-6,9-10,13H,7-8,11-12H2,1H3,(H,25,29)(H,23,24,26,27). The number of hydrogen-bond donors (Lipinski definition) is 2. The molecule has 0 bridgehead atoms. The molecule has 2 N–H and O–H groups in total. The molecule has 11 heteroatoms. The number of amides is 1. The second kappa shape index (κ2) is 9.21. The van der Waals surface area contributed by atoms with Crippen molar-refractivity contribution in [1.29, 1.82) is 0 Å². The fourth-order valence-electron chi connectivity index (χ4n) is 3.43. The highest BCUT2D eigenvalue weighted by molar-refractivity contribution is 9.10. The first-order chi connectivity index (χ1) is 15.2. The summed E-state index contributed by atoms with van der Waals surface area (Å²) in [6.07, 6.45) is 3.38. The Labute approximate surface area is 194 Å². The summed E-state index contributed by atoms with van der Waals surface area (Å²) in [5.74, 6) is -0.216. The van der Waals surface area contributed by atoms with Gasteiger partial charge in [-0.3, -0.25) is 4.79 Å². The number of halogens is 1. The molecule has 1 aliphatic heterocycles. The zero-order valence-corrected chi connectivity index (χ0v) is 19.6. The average Bonchev–Trinajstić information content (AvgIpc) is 2.72. The summed E-state index contributed by atoms with van der Waals surface area (Å²) >= 11 is 3.52. The molecule has 0 saturated heterocycles. The number of nitrogens with zero attached hydrogens (tertiary/aromatic N) is 4. The molecule has 0 atom stereocenters. The summed E-state index contributed by atoms with van der Waals surface area (Å²) < 4.78 is 23.6. The quantitative estimate of drug-likeness (QED) is 0.513. The molecule has 1 aromatic heterocycles. The van der Waals surface area contributed by atoms with Gasteiger partial charge in [0.05, 0.1) is 0 Å². The fraction of sp³-hybridized carbons (Fsp3) is 0.238. The van der Waals surface area contributed by atoms with E-state index in [1.54, 1.807) is 24.3 Å². The van der Waals surface area contributed by atoms with E-state index in [1.165, 1.54) is 17.5 Å². The van der Waals surface area contributed by atoms with Gasteiger partial charge < -0.3 is 15.5 Å². The van der Waals surface area contributed by atoms with Crippen LogP contribution in [0.1, 0.15) is 11.1 Å². The van der Waals surface area contributed by atoms with Crippen molar-refractivity contribution in [2.45, 2.75) is 13.0 Å². The van der Waals surface area contributed by atoms with Gasteiger partial charge in [-0.1, -0.05) is 28.1 Å². The van der Waals surface area contributed by atoms with E-state index < -0.39 is 21.5 Å². The minimum atomic E-state index is -3.40. The molecule has 0 unspecified atom stereocenters. The lowest BCUT2D eigenvalue weighted by Crippen LogP contribution is -2.32. The van der Waals surface area contributed by atoms with Crippen molar-refractivity contribution in [2.75, 3.05) is 34.1 Å². The van der Waals surface area contributed by atoms with Gasteiger partial charge in [-0.15, -0.1) is 0 Å². The number of aromatic nitrogens is 3. The zero-order chi connectivity index (χ0) is 22.7. The summed E-state index contributed by atoms with van der Waals surface area (Å²) in [5, 5.41) is 5.69. The molecular weight excluding hydrogens is 496 g/mol. The fourth-order valence-corrected chi connectivity index (χ4v) is 4.39. The third-order valence-electron chi connectivity index (χ3n) is 4.82. The van der Waals surface area contributed by atoms with Crippen LogP contribution in [0.5, 0.6) is 0 Å². The Morgan fingerprint density at radius 1 is 1.12 bits per heavy atom. The van der Waals surface area contributed by atoms with Gasteiger partial charge >= 0.3 is 0 Å². The molecule has 9 nitrogen and oxygen atoms in total. The molecule has 2 aromatic carbocycles. The molecule has 166 valence electrons. The normalized spacial score (nSPS) is 13.4. The first kappa shape index (κ1) is 22.2. The van der Waals surface area contributed by atoms with Crippen LogP contribution in [0.25, 0.3) is 0 Å². The summed E-state index contributed by atoms with van der Waals surface area (Å²) in [6, 6.07) is 13.2. The Hall–Kier alpha value is -3.05. The van der Waals surface area contributed by atoms with E-state index in [9.17, 15) is 13.2 Å². The van der Waals surface area contributed by atoms with E-state index in [-0.39, 0.29) is 0 Å². The Morgan fingerprint density at radius 3 is 2.75 bits per heavy atom. The van der Waals surface area contributed by atoms with Gasteiger partial charge in [0.25, 0.3) is 0 Å². The van der Waals surface area contributed by atoms with Crippen molar-refractivity contribution < 1.29 is 13.2 Å². The van der Waals surface area contributed by atoms with Crippen molar-refractivity contribution >= 4 is 54.9 Å². The van der Waals surface area contributed by atoms with Crippen LogP contribution in [0.15, 0.2) is 53.3 Å². The number of anilines is 4. The van der Waals surface area contributed by atoms with Crippen LogP contribution in [0, 0.1) is 0 Å². The number of nitrogens with one attached hydrogen (secondary N) is 2. The van der Waals surface area contributed by atoms with E-state index in [1.807, 2.05) is 6.07 Å². The second-order valence-corrected chi connectivity index (χ2v) is 10.6. The molecule has 0 spiro atoms.